The van der Waals surface area contributed by atoms with Gasteiger partial charge in [0.15, 0.2) is 0 Å². The third kappa shape index (κ3) is 5.30. The Hall–Kier alpha value is -0.920. The van der Waals surface area contributed by atoms with E-state index < -0.39 is 10.0 Å². The number of hydrogen-bond donors (Lipinski definition) is 1. The van der Waals surface area contributed by atoms with E-state index in [9.17, 15) is 8.42 Å². The topological polar surface area (TPSA) is 75.2 Å². The van der Waals surface area contributed by atoms with Crippen molar-refractivity contribution in [1.29, 1.82) is 0 Å². The maximum absolute atomic E-state index is 11.4. The highest BCUT2D eigenvalue weighted by Crippen LogP contribution is 2.12. The molecule has 8 heteroatoms. The zero-order valence-corrected chi connectivity index (χ0v) is 12.9. The molecule has 0 radical (unpaired) electrons. The number of hydrogen-bond acceptors (Lipinski definition) is 5. The van der Waals surface area contributed by atoms with E-state index in [0.29, 0.717) is 31.9 Å². The van der Waals surface area contributed by atoms with Crippen molar-refractivity contribution in [2.24, 2.45) is 0 Å². The van der Waals surface area contributed by atoms with Crippen LogP contribution in [0.4, 0.5) is 5.82 Å². The number of nitrogens with one attached hydrogen (secondary N) is 1. The molecule has 0 aliphatic carbocycles. The Bertz CT molecular complexity index is 521. The lowest BCUT2D eigenvalue weighted by Crippen LogP contribution is -2.31. The Kier molecular flexibility index (Phi) is 5.96. The third-order valence-corrected chi connectivity index (χ3v) is 4.20. The van der Waals surface area contributed by atoms with E-state index in [0.717, 1.165) is 5.56 Å². The van der Waals surface area contributed by atoms with E-state index in [2.05, 4.69) is 15.3 Å². The molecule has 0 aliphatic heterocycles. The molecule has 0 bridgehead atoms. The molecule has 1 aromatic heterocycles. The molecular formula is C11H19ClN4O2S. The highest BCUT2D eigenvalue weighted by Gasteiger charge is 2.13. The molecule has 0 saturated heterocycles. The average molecular weight is 307 g/mol. The van der Waals surface area contributed by atoms with Crippen LogP contribution < -0.4 is 5.32 Å². The predicted molar refractivity (Wildman–Crippen MR) is 77.0 cm³/mol. The lowest BCUT2D eigenvalue weighted by molar-refractivity contribution is 0.428. The maximum atomic E-state index is 11.4. The van der Waals surface area contributed by atoms with Crippen LogP contribution in [0.1, 0.15) is 18.9 Å². The Morgan fingerprint density at radius 2 is 2.16 bits per heavy atom. The number of sulfonamides is 1. The fourth-order valence-electron chi connectivity index (χ4n) is 1.62. The van der Waals surface area contributed by atoms with Gasteiger partial charge in [0.2, 0.25) is 15.3 Å². The van der Waals surface area contributed by atoms with Gasteiger partial charge in [-0.25, -0.2) is 22.7 Å². The van der Waals surface area contributed by atoms with Gasteiger partial charge in [-0.15, -0.1) is 0 Å². The molecule has 19 heavy (non-hydrogen) atoms. The normalized spacial score (nSPS) is 11.8. The summed E-state index contributed by atoms with van der Waals surface area (Å²) in [5, 5.41) is 3.32. The van der Waals surface area contributed by atoms with Crippen LogP contribution in [-0.2, 0) is 10.0 Å². The number of rotatable bonds is 7. The van der Waals surface area contributed by atoms with Gasteiger partial charge >= 0.3 is 0 Å². The molecule has 108 valence electrons. The number of anilines is 1. The van der Waals surface area contributed by atoms with Crippen molar-refractivity contribution in [3.8, 4) is 0 Å². The van der Waals surface area contributed by atoms with Crippen molar-refractivity contribution in [2.45, 2.75) is 20.3 Å². The van der Waals surface area contributed by atoms with Crippen LogP contribution in [0.15, 0.2) is 6.20 Å². The van der Waals surface area contributed by atoms with Crippen LogP contribution in [0.2, 0.25) is 5.28 Å². The van der Waals surface area contributed by atoms with Gasteiger partial charge in [-0.3, -0.25) is 0 Å². The smallest absolute Gasteiger partial charge is 0.224 e. The molecule has 1 heterocycles. The summed E-state index contributed by atoms with van der Waals surface area (Å²) in [5.74, 6) is 0.683. The predicted octanol–water partition coefficient (Wildman–Crippen LogP) is 1.52. The number of aromatic nitrogens is 2. The first kappa shape index (κ1) is 16.1. The van der Waals surface area contributed by atoms with E-state index in [-0.39, 0.29) is 5.28 Å². The lowest BCUT2D eigenvalue weighted by atomic mass is 10.3. The van der Waals surface area contributed by atoms with Crippen LogP contribution in [0, 0.1) is 6.92 Å². The minimum Gasteiger partial charge on any atom is -0.370 e. The summed E-state index contributed by atoms with van der Waals surface area (Å²) in [5.41, 5.74) is 0.903. The molecule has 1 rings (SSSR count). The largest absolute Gasteiger partial charge is 0.370 e. The first-order valence-corrected chi connectivity index (χ1v) is 8.25. The summed E-state index contributed by atoms with van der Waals surface area (Å²) in [4.78, 5) is 7.94. The lowest BCUT2D eigenvalue weighted by Gasteiger charge is -2.17. The minimum atomic E-state index is -3.12. The van der Waals surface area contributed by atoms with Crippen LogP contribution >= 0.6 is 11.6 Å². The molecule has 0 aliphatic rings. The van der Waals surface area contributed by atoms with Crippen LogP contribution in [0.3, 0.4) is 0 Å². The quantitative estimate of drug-likeness (QED) is 0.610. The molecule has 6 nitrogen and oxygen atoms in total. The van der Waals surface area contributed by atoms with Gasteiger partial charge in [-0.2, -0.15) is 0 Å². The van der Waals surface area contributed by atoms with E-state index in [1.54, 1.807) is 6.20 Å². The van der Waals surface area contributed by atoms with Crippen molar-refractivity contribution in [3.63, 3.8) is 0 Å². The molecule has 0 fully saturated rings. The zero-order chi connectivity index (χ0) is 14.5. The Morgan fingerprint density at radius 3 is 2.74 bits per heavy atom. The van der Waals surface area contributed by atoms with Crippen molar-refractivity contribution in [1.82, 2.24) is 14.3 Å². The van der Waals surface area contributed by atoms with Crippen molar-refractivity contribution in [3.05, 3.63) is 17.0 Å². The second kappa shape index (κ2) is 7.02. The van der Waals surface area contributed by atoms with Gasteiger partial charge in [-0.1, -0.05) is 6.92 Å². The Morgan fingerprint density at radius 1 is 1.47 bits per heavy atom. The molecule has 0 atom stereocenters. The first-order chi connectivity index (χ1) is 8.84. The van der Waals surface area contributed by atoms with Crippen LogP contribution in [0.5, 0.6) is 0 Å². The molecular weight excluding hydrogens is 288 g/mol. The van der Waals surface area contributed by atoms with Crippen molar-refractivity contribution in [2.75, 3.05) is 31.2 Å². The SMILES string of the molecule is CCN(CCCNc1nc(Cl)ncc1C)S(C)(=O)=O. The first-order valence-electron chi connectivity index (χ1n) is 6.02. The van der Waals surface area contributed by atoms with Gasteiger partial charge < -0.3 is 5.32 Å². The monoisotopic (exact) mass is 306 g/mol. The second-order valence-corrected chi connectivity index (χ2v) is 6.53. The molecule has 0 unspecified atom stereocenters. The molecule has 0 spiro atoms. The summed E-state index contributed by atoms with van der Waals surface area (Å²) >= 11 is 5.71. The van der Waals surface area contributed by atoms with Crippen LogP contribution in [-0.4, -0.2) is 48.6 Å². The number of nitrogens with zero attached hydrogens (tertiary/aromatic N) is 3. The average Bonchev–Trinajstić information content (AvgIpc) is 2.31. The zero-order valence-electron chi connectivity index (χ0n) is 11.4. The summed E-state index contributed by atoms with van der Waals surface area (Å²) in [6.07, 6.45) is 3.56. The standard InChI is InChI=1S/C11H19ClN4O2S/c1-4-16(19(3,17)18)7-5-6-13-10-9(2)8-14-11(12)15-10/h8H,4-7H2,1-3H3,(H,13,14,15). The second-order valence-electron chi connectivity index (χ2n) is 4.21. The molecule has 0 aromatic carbocycles. The number of halogens is 1. The van der Waals surface area contributed by atoms with Crippen molar-refractivity contribution < 1.29 is 8.42 Å². The minimum absolute atomic E-state index is 0.194. The summed E-state index contributed by atoms with van der Waals surface area (Å²) in [6, 6.07) is 0. The van der Waals surface area contributed by atoms with Gasteiger partial charge in [0.1, 0.15) is 5.82 Å². The highest BCUT2D eigenvalue weighted by molar-refractivity contribution is 7.88. The van der Waals surface area contributed by atoms with E-state index in [4.69, 9.17) is 11.6 Å². The highest BCUT2D eigenvalue weighted by atomic mass is 35.5. The van der Waals surface area contributed by atoms with Crippen molar-refractivity contribution >= 4 is 27.4 Å². The molecule has 1 N–H and O–H groups in total. The van der Waals surface area contributed by atoms with Gasteiger partial charge in [0.05, 0.1) is 6.26 Å². The Balaban J connectivity index is 2.45. The van der Waals surface area contributed by atoms with E-state index >= 15 is 0 Å². The number of aryl methyl sites for hydroxylation is 1. The maximum Gasteiger partial charge on any atom is 0.224 e. The van der Waals surface area contributed by atoms with Gasteiger partial charge in [0.25, 0.3) is 0 Å². The summed E-state index contributed by atoms with van der Waals surface area (Å²) in [7, 11) is -3.12. The van der Waals surface area contributed by atoms with Gasteiger partial charge in [-0.05, 0) is 24.9 Å². The van der Waals surface area contributed by atoms with E-state index in [1.165, 1.54) is 10.6 Å². The Labute approximate surface area is 119 Å². The van der Waals surface area contributed by atoms with Crippen LogP contribution in [0.25, 0.3) is 0 Å². The van der Waals surface area contributed by atoms with E-state index in [1.807, 2.05) is 13.8 Å². The van der Waals surface area contributed by atoms with Gasteiger partial charge in [0, 0.05) is 31.4 Å². The summed E-state index contributed by atoms with van der Waals surface area (Å²) < 4.78 is 24.2. The third-order valence-electron chi connectivity index (χ3n) is 2.64. The summed E-state index contributed by atoms with van der Waals surface area (Å²) in [6.45, 7) is 5.30. The fraction of sp³-hybridized carbons (Fsp3) is 0.636. The fourth-order valence-corrected chi connectivity index (χ4v) is 2.68. The molecule has 0 amide bonds. The molecule has 0 saturated carbocycles. The molecule has 1 aromatic rings.